The highest BCUT2D eigenvalue weighted by atomic mass is 35.5. The minimum absolute atomic E-state index is 0.253. The van der Waals surface area contributed by atoms with Gasteiger partial charge in [0.05, 0.1) is 17.4 Å². The Morgan fingerprint density at radius 3 is 2.42 bits per heavy atom. The van der Waals surface area contributed by atoms with E-state index in [4.69, 9.17) is 16.3 Å². The van der Waals surface area contributed by atoms with Gasteiger partial charge in [-0.2, -0.15) is 18.2 Å². The molecule has 1 saturated heterocycles. The molecule has 2 aromatic rings. The zero-order valence-electron chi connectivity index (χ0n) is 12.4. The lowest BCUT2D eigenvalue weighted by Gasteiger charge is -2.31. The van der Waals surface area contributed by atoms with Crippen molar-refractivity contribution in [3.63, 3.8) is 0 Å². The van der Waals surface area contributed by atoms with Gasteiger partial charge in [0.2, 0.25) is 5.95 Å². The van der Waals surface area contributed by atoms with Crippen molar-refractivity contribution in [3.8, 4) is 6.01 Å². The van der Waals surface area contributed by atoms with Gasteiger partial charge in [0, 0.05) is 32.1 Å². The quantitative estimate of drug-likeness (QED) is 0.839. The van der Waals surface area contributed by atoms with E-state index in [0.717, 1.165) is 12.3 Å². The maximum absolute atomic E-state index is 12.6. The van der Waals surface area contributed by atoms with Crippen LogP contribution in [0.25, 0.3) is 0 Å². The molecular weight excluding hydrogens is 347 g/mol. The second kappa shape index (κ2) is 6.76. The molecule has 6 nitrogen and oxygen atoms in total. The molecule has 128 valence electrons. The molecule has 3 rings (SSSR count). The molecule has 10 heteroatoms. The van der Waals surface area contributed by atoms with E-state index >= 15 is 0 Å². The molecular formula is C14H13ClF3N5O. The Kier molecular flexibility index (Phi) is 4.70. The smallest absolute Gasteiger partial charge is 0.433 e. The van der Waals surface area contributed by atoms with Crippen molar-refractivity contribution >= 4 is 17.5 Å². The molecule has 1 aliphatic rings. The van der Waals surface area contributed by atoms with E-state index in [-0.39, 0.29) is 12.1 Å². The Labute approximate surface area is 140 Å². The fourth-order valence-electron chi connectivity index (χ4n) is 2.35. The monoisotopic (exact) mass is 359 g/mol. The molecule has 2 aromatic heterocycles. The van der Waals surface area contributed by atoms with Gasteiger partial charge in [-0.25, -0.2) is 15.0 Å². The van der Waals surface area contributed by atoms with Crippen LogP contribution < -0.4 is 9.64 Å². The number of rotatable bonds is 3. The third-order valence-electron chi connectivity index (χ3n) is 3.53. The molecule has 0 unspecified atom stereocenters. The van der Waals surface area contributed by atoms with Gasteiger partial charge in [-0.1, -0.05) is 11.6 Å². The van der Waals surface area contributed by atoms with E-state index in [1.165, 1.54) is 12.4 Å². The Balaban J connectivity index is 1.58. The van der Waals surface area contributed by atoms with Crippen LogP contribution in [0.2, 0.25) is 5.02 Å². The molecule has 1 aliphatic heterocycles. The maximum atomic E-state index is 12.6. The number of ether oxygens (including phenoxy) is 1. The first-order valence-corrected chi connectivity index (χ1v) is 7.59. The minimum atomic E-state index is -4.52. The first-order valence-electron chi connectivity index (χ1n) is 7.21. The first-order chi connectivity index (χ1) is 11.4. The lowest BCUT2D eigenvalue weighted by Crippen LogP contribution is -2.39. The molecule has 3 heterocycles. The minimum Gasteiger partial charge on any atom is -0.460 e. The SMILES string of the molecule is FC(F)(F)c1ccnc(OC2CCN(c3ncc(Cl)cn3)CC2)n1. The summed E-state index contributed by atoms with van der Waals surface area (Å²) in [6, 6.07) is 0.555. The summed E-state index contributed by atoms with van der Waals surface area (Å²) in [6.45, 7) is 1.23. The van der Waals surface area contributed by atoms with Crippen LogP contribution in [0.1, 0.15) is 18.5 Å². The normalized spacial score (nSPS) is 16.2. The van der Waals surface area contributed by atoms with E-state index in [1.807, 2.05) is 4.90 Å². The van der Waals surface area contributed by atoms with E-state index in [1.54, 1.807) is 0 Å². The lowest BCUT2D eigenvalue weighted by molar-refractivity contribution is -0.141. The van der Waals surface area contributed by atoms with Crippen molar-refractivity contribution in [1.82, 2.24) is 19.9 Å². The van der Waals surface area contributed by atoms with Crippen LogP contribution >= 0.6 is 11.6 Å². The van der Waals surface area contributed by atoms with Gasteiger partial charge in [0.1, 0.15) is 6.10 Å². The maximum Gasteiger partial charge on any atom is 0.433 e. The molecule has 0 atom stereocenters. The summed E-state index contributed by atoms with van der Waals surface area (Å²) < 4.78 is 43.4. The molecule has 0 aromatic carbocycles. The standard InChI is InChI=1S/C14H13ClF3N5O/c15-9-7-20-12(21-8-9)23-5-2-10(3-6-23)24-13-19-4-1-11(22-13)14(16,17)18/h1,4,7-8,10H,2-3,5-6H2. The zero-order valence-corrected chi connectivity index (χ0v) is 13.1. The largest absolute Gasteiger partial charge is 0.460 e. The number of piperidine rings is 1. The van der Waals surface area contributed by atoms with Gasteiger partial charge in [0.15, 0.2) is 5.69 Å². The van der Waals surface area contributed by atoms with Crippen molar-refractivity contribution in [2.75, 3.05) is 18.0 Å². The van der Waals surface area contributed by atoms with Crippen LogP contribution in [0.4, 0.5) is 19.1 Å². The Morgan fingerprint density at radius 1 is 1.12 bits per heavy atom. The predicted molar refractivity (Wildman–Crippen MR) is 79.9 cm³/mol. The predicted octanol–water partition coefficient (Wildman–Crippen LogP) is 2.99. The number of anilines is 1. The fraction of sp³-hybridized carbons (Fsp3) is 0.429. The summed E-state index contributed by atoms with van der Waals surface area (Å²) in [5.74, 6) is 0.563. The van der Waals surface area contributed by atoms with E-state index in [2.05, 4.69) is 19.9 Å². The zero-order chi connectivity index (χ0) is 17.2. The summed E-state index contributed by atoms with van der Waals surface area (Å²) in [5.41, 5.74) is -1.01. The van der Waals surface area contributed by atoms with Gasteiger partial charge >= 0.3 is 12.2 Å². The number of alkyl halides is 3. The van der Waals surface area contributed by atoms with Crippen LogP contribution in [-0.2, 0) is 6.18 Å². The van der Waals surface area contributed by atoms with E-state index < -0.39 is 11.9 Å². The van der Waals surface area contributed by atoms with Crippen molar-refractivity contribution in [2.45, 2.75) is 25.1 Å². The van der Waals surface area contributed by atoms with Gasteiger partial charge in [-0.05, 0) is 6.07 Å². The molecule has 0 aliphatic carbocycles. The van der Waals surface area contributed by atoms with E-state index in [0.29, 0.717) is 36.9 Å². The van der Waals surface area contributed by atoms with Gasteiger partial charge in [-0.3, -0.25) is 0 Å². The molecule has 24 heavy (non-hydrogen) atoms. The summed E-state index contributed by atoms with van der Waals surface area (Å²) >= 11 is 5.75. The third kappa shape index (κ3) is 4.02. The van der Waals surface area contributed by atoms with Gasteiger partial charge in [0.25, 0.3) is 0 Å². The second-order valence-electron chi connectivity index (χ2n) is 5.23. The second-order valence-corrected chi connectivity index (χ2v) is 5.66. The van der Waals surface area contributed by atoms with E-state index in [9.17, 15) is 13.2 Å². The highest BCUT2D eigenvalue weighted by Gasteiger charge is 2.33. The van der Waals surface area contributed by atoms with Crippen molar-refractivity contribution in [1.29, 1.82) is 0 Å². The Hall–Kier alpha value is -2.16. The number of aromatic nitrogens is 4. The Bertz CT molecular complexity index is 690. The average Bonchev–Trinajstić information content (AvgIpc) is 2.56. The molecule has 0 amide bonds. The summed E-state index contributed by atoms with van der Waals surface area (Å²) in [4.78, 5) is 17.4. The van der Waals surface area contributed by atoms with Gasteiger partial charge < -0.3 is 9.64 Å². The van der Waals surface area contributed by atoms with Crippen molar-refractivity contribution < 1.29 is 17.9 Å². The fourth-order valence-corrected chi connectivity index (χ4v) is 2.44. The van der Waals surface area contributed by atoms with Gasteiger partial charge in [-0.15, -0.1) is 0 Å². The average molecular weight is 360 g/mol. The third-order valence-corrected chi connectivity index (χ3v) is 3.72. The van der Waals surface area contributed by atoms with Crippen molar-refractivity contribution in [3.05, 3.63) is 35.4 Å². The molecule has 0 N–H and O–H groups in total. The number of hydrogen-bond acceptors (Lipinski definition) is 6. The molecule has 0 spiro atoms. The highest BCUT2D eigenvalue weighted by Crippen LogP contribution is 2.28. The van der Waals surface area contributed by atoms with Crippen LogP contribution in [0.15, 0.2) is 24.7 Å². The molecule has 0 bridgehead atoms. The van der Waals surface area contributed by atoms with Crippen molar-refractivity contribution in [2.24, 2.45) is 0 Å². The van der Waals surface area contributed by atoms with Crippen LogP contribution in [-0.4, -0.2) is 39.1 Å². The highest BCUT2D eigenvalue weighted by molar-refractivity contribution is 6.30. The number of hydrogen-bond donors (Lipinski definition) is 0. The Morgan fingerprint density at radius 2 is 1.79 bits per heavy atom. The summed E-state index contributed by atoms with van der Waals surface area (Å²) in [6.07, 6.45) is 0.512. The van der Waals surface area contributed by atoms with Crippen LogP contribution in [0.3, 0.4) is 0 Å². The number of nitrogens with zero attached hydrogens (tertiary/aromatic N) is 5. The molecule has 1 fully saturated rings. The van der Waals surface area contributed by atoms with Crippen LogP contribution in [0, 0.1) is 0 Å². The molecule has 0 saturated carbocycles. The summed E-state index contributed by atoms with van der Waals surface area (Å²) in [7, 11) is 0. The van der Waals surface area contributed by atoms with Crippen LogP contribution in [0.5, 0.6) is 6.01 Å². The summed E-state index contributed by atoms with van der Waals surface area (Å²) in [5, 5.41) is 0.457. The first kappa shape index (κ1) is 16.7. The number of halogens is 4. The lowest BCUT2D eigenvalue weighted by atomic mass is 10.1. The topological polar surface area (TPSA) is 64.0 Å². The molecule has 0 radical (unpaired) electrons.